The summed E-state index contributed by atoms with van der Waals surface area (Å²) < 4.78 is 15.8. The summed E-state index contributed by atoms with van der Waals surface area (Å²) in [6.07, 6.45) is 0.136. The number of nitrogens with two attached hydrogens (primary N) is 1. The number of ether oxygens (including phenoxy) is 3. The van der Waals surface area contributed by atoms with Crippen LogP contribution < -0.4 is 15.2 Å². The van der Waals surface area contributed by atoms with Gasteiger partial charge in [-0.2, -0.15) is 0 Å². The number of benzene rings is 1. The van der Waals surface area contributed by atoms with Crippen LogP contribution in [0.25, 0.3) is 0 Å². The van der Waals surface area contributed by atoms with Crippen molar-refractivity contribution in [3.63, 3.8) is 0 Å². The lowest BCUT2D eigenvalue weighted by atomic mass is 10.0. The van der Waals surface area contributed by atoms with Crippen LogP contribution in [0.15, 0.2) is 18.2 Å². The van der Waals surface area contributed by atoms with Crippen molar-refractivity contribution < 1.29 is 19.0 Å². The van der Waals surface area contributed by atoms with E-state index in [1.807, 2.05) is 26.8 Å². The molecule has 1 aromatic rings. The zero-order valence-corrected chi connectivity index (χ0v) is 12.7. The highest BCUT2D eigenvalue weighted by Crippen LogP contribution is 2.34. The Morgan fingerprint density at radius 3 is 2.65 bits per heavy atom. The molecule has 1 heterocycles. The van der Waals surface area contributed by atoms with E-state index in [2.05, 4.69) is 0 Å². The third-order valence-corrected chi connectivity index (χ3v) is 2.63. The molecule has 20 heavy (non-hydrogen) atoms. The van der Waals surface area contributed by atoms with Crippen molar-refractivity contribution >= 4 is 18.4 Å². The molecule has 0 spiro atoms. The minimum Gasteiger partial charge on any atom is -0.460 e. The van der Waals surface area contributed by atoms with E-state index < -0.39 is 11.6 Å². The Hall–Kier alpha value is -1.46. The second-order valence-electron chi connectivity index (χ2n) is 5.51. The molecule has 1 atom stereocenters. The van der Waals surface area contributed by atoms with Crippen molar-refractivity contribution in [2.75, 3.05) is 6.79 Å². The van der Waals surface area contributed by atoms with E-state index in [-0.39, 0.29) is 31.6 Å². The van der Waals surface area contributed by atoms with E-state index in [1.54, 1.807) is 12.1 Å². The zero-order valence-electron chi connectivity index (χ0n) is 11.8. The summed E-state index contributed by atoms with van der Waals surface area (Å²) >= 11 is 0. The second kappa shape index (κ2) is 6.33. The SMILES string of the molecule is CC(C)(C)OC(=O)C[C@@H](N)c1ccc2c(c1)OCO2.Cl. The van der Waals surface area contributed by atoms with Crippen LogP contribution in [0.2, 0.25) is 0 Å². The predicted octanol–water partition coefficient (Wildman–Crippen LogP) is 2.57. The molecule has 2 rings (SSSR count). The maximum atomic E-state index is 11.7. The molecule has 0 unspecified atom stereocenters. The van der Waals surface area contributed by atoms with Crippen molar-refractivity contribution in [2.24, 2.45) is 5.73 Å². The first-order valence-electron chi connectivity index (χ1n) is 6.22. The number of carbonyl (C=O) groups is 1. The van der Waals surface area contributed by atoms with Gasteiger partial charge in [-0.05, 0) is 38.5 Å². The summed E-state index contributed by atoms with van der Waals surface area (Å²) in [7, 11) is 0. The Labute approximate surface area is 124 Å². The van der Waals surface area contributed by atoms with Gasteiger partial charge in [0.1, 0.15) is 5.60 Å². The quantitative estimate of drug-likeness (QED) is 0.869. The summed E-state index contributed by atoms with van der Waals surface area (Å²) in [4.78, 5) is 11.7. The maximum absolute atomic E-state index is 11.7. The van der Waals surface area contributed by atoms with Crippen LogP contribution in [0.5, 0.6) is 11.5 Å². The molecule has 0 radical (unpaired) electrons. The largest absolute Gasteiger partial charge is 0.460 e. The Bertz CT molecular complexity index is 485. The van der Waals surface area contributed by atoms with Gasteiger partial charge < -0.3 is 19.9 Å². The molecule has 0 saturated carbocycles. The number of esters is 1. The Balaban J connectivity index is 0.00000200. The van der Waals surface area contributed by atoms with Crippen LogP contribution in [0.3, 0.4) is 0 Å². The number of hydrogen-bond donors (Lipinski definition) is 1. The van der Waals surface area contributed by atoms with Crippen molar-refractivity contribution in [2.45, 2.75) is 38.8 Å². The third kappa shape index (κ3) is 4.28. The second-order valence-corrected chi connectivity index (χ2v) is 5.51. The Kier molecular flexibility index (Phi) is 5.25. The topological polar surface area (TPSA) is 70.8 Å². The fourth-order valence-corrected chi connectivity index (χ4v) is 1.82. The van der Waals surface area contributed by atoms with Gasteiger partial charge in [-0.3, -0.25) is 4.79 Å². The summed E-state index contributed by atoms with van der Waals surface area (Å²) in [6.45, 7) is 5.71. The van der Waals surface area contributed by atoms with Crippen LogP contribution in [0.4, 0.5) is 0 Å². The molecule has 2 N–H and O–H groups in total. The molecular formula is C14H20ClNO4. The van der Waals surface area contributed by atoms with Gasteiger partial charge in [0.05, 0.1) is 6.42 Å². The molecule has 0 bridgehead atoms. The van der Waals surface area contributed by atoms with Crippen LogP contribution in [-0.4, -0.2) is 18.4 Å². The van der Waals surface area contributed by atoms with Crippen LogP contribution >= 0.6 is 12.4 Å². The standard InChI is InChI=1S/C14H19NO4.ClH/c1-14(2,3)19-13(16)7-10(15)9-4-5-11-12(6-9)18-8-17-11;/h4-6,10H,7-8,15H2,1-3H3;1H/t10-;/m1./s1. The Morgan fingerprint density at radius 2 is 2.00 bits per heavy atom. The van der Waals surface area contributed by atoms with E-state index in [1.165, 1.54) is 0 Å². The molecule has 112 valence electrons. The molecule has 1 aromatic carbocycles. The fourth-order valence-electron chi connectivity index (χ4n) is 1.82. The highest BCUT2D eigenvalue weighted by Gasteiger charge is 2.21. The molecule has 0 amide bonds. The van der Waals surface area contributed by atoms with E-state index in [9.17, 15) is 4.79 Å². The first kappa shape index (κ1) is 16.6. The molecule has 6 heteroatoms. The van der Waals surface area contributed by atoms with Gasteiger partial charge in [-0.25, -0.2) is 0 Å². The molecule has 1 aliphatic rings. The lowest BCUT2D eigenvalue weighted by molar-refractivity contribution is -0.155. The number of carbonyl (C=O) groups excluding carboxylic acids is 1. The van der Waals surface area contributed by atoms with Crippen molar-refractivity contribution in [3.05, 3.63) is 23.8 Å². The molecule has 0 aliphatic carbocycles. The summed E-state index contributed by atoms with van der Waals surface area (Å²) in [5, 5.41) is 0. The van der Waals surface area contributed by atoms with E-state index in [0.29, 0.717) is 11.5 Å². The van der Waals surface area contributed by atoms with E-state index in [0.717, 1.165) is 5.56 Å². The van der Waals surface area contributed by atoms with E-state index >= 15 is 0 Å². The lowest BCUT2D eigenvalue weighted by Gasteiger charge is -2.21. The van der Waals surface area contributed by atoms with Gasteiger partial charge in [0.25, 0.3) is 0 Å². The zero-order chi connectivity index (χ0) is 14.0. The fraction of sp³-hybridized carbons (Fsp3) is 0.500. The van der Waals surface area contributed by atoms with Crippen LogP contribution in [0, 0.1) is 0 Å². The Morgan fingerprint density at radius 1 is 1.35 bits per heavy atom. The average molecular weight is 302 g/mol. The van der Waals surface area contributed by atoms with Crippen molar-refractivity contribution in [3.8, 4) is 11.5 Å². The minimum absolute atomic E-state index is 0. The summed E-state index contributed by atoms with van der Waals surface area (Å²) in [6, 6.07) is 5.02. The van der Waals surface area contributed by atoms with Gasteiger partial charge in [0.2, 0.25) is 6.79 Å². The van der Waals surface area contributed by atoms with Crippen molar-refractivity contribution in [1.82, 2.24) is 0 Å². The monoisotopic (exact) mass is 301 g/mol. The van der Waals surface area contributed by atoms with Crippen LogP contribution in [0.1, 0.15) is 38.8 Å². The number of fused-ring (bicyclic) bond motifs is 1. The van der Waals surface area contributed by atoms with Gasteiger partial charge in [0.15, 0.2) is 11.5 Å². The molecular weight excluding hydrogens is 282 g/mol. The van der Waals surface area contributed by atoms with E-state index in [4.69, 9.17) is 19.9 Å². The number of hydrogen-bond acceptors (Lipinski definition) is 5. The van der Waals surface area contributed by atoms with Gasteiger partial charge >= 0.3 is 5.97 Å². The molecule has 0 saturated heterocycles. The molecule has 0 aromatic heterocycles. The maximum Gasteiger partial charge on any atom is 0.308 e. The lowest BCUT2D eigenvalue weighted by Crippen LogP contribution is -2.26. The average Bonchev–Trinajstić information content (AvgIpc) is 2.72. The first-order valence-corrected chi connectivity index (χ1v) is 6.22. The number of rotatable bonds is 3. The highest BCUT2D eigenvalue weighted by atomic mass is 35.5. The van der Waals surface area contributed by atoms with Gasteiger partial charge in [-0.15, -0.1) is 12.4 Å². The van der Waals surface area contributed by atoms with Crippen molar-refractivity contribution in [1.29, 1.82) is 0 Å². The third-order valence-electron chi connectivity index (χ3n) is 2.63. The first-order chi connectivity index (χ1) is 8.85. The summed E-state index contributed by atoms with van der Waals surface area (Å²) in [5.74, 6) is 1.06. The van der Waals surface area contributed by atoms with Crippen LogP contribution in [-0.2, 0) is 9.53 Å². The number of halogens is 1. The summed E-state index contributed by atoms with van der Waals surface area (Å²) in [5.41, 5.74) is 6.35. The van der Waals surface area contributed by atoms with Gasteiger partial charge in [-0.1, -0.05) is 6.07 Å². The minimum atomic E-state index is -0.494. The predicted molar refractivity (Wildman–Crippen MR) is 77.2 cm³/mol. The smallest absolute Gasteiger partial charge is 0.308 e. The van der Waals surface area contributed by atoms with Gasteiger partial charge in [0, 0.05) is 6.04 Å². The molecule has 1 aliphatic heterocycles. The molecule has 5 nitrogen and oxygen atoms in total. The normalized spacial score (nSPS) is 14.4. The molecule has 0 fully saturated rings. The highest BCUT2D eigenvalue weighted by molar-refractivity contribution is 5.85.